The first-order chi connectivity index (χ1) is 23.0. The number of carbonyl (C=O) groups is 2. The van der Waals surface area contributed by atoms with Gasteiger partial charge in [-0.2, -0.15) is 0 Å². The molecule has 3 aliphatic rings. The van der Waals surface area contributed by atoms with Crippen LogP contribution in [0.15, 0.2) is 53.5 Å². The second-order valence-electron chi connectivity index (χ2n) is 16.2. The van der Waals surface area contributed by atoms with E-state index in [2.05, 4.69) is 59.8 Å². The van der Waals surface area contributed by atoms with Crippen molar-refractivity contribution in [2.75, 3.05) is 19.3 Å². The highest BCUT2D eigenvalue weighted by atomic mass is 35.5. The lowest BCUT2D eigenvalue weighted by atomic mass is 10.0. The van der Waals surface area contributed by atoms with Crippen LogP contribution in [0.5, 0.6) is 0 Å². The number of aliphatic imine (C=N–C) groups is 1. The van der Waals surface area contributed by atoms with Crippen LogP contribution in [0.3, 0.4) is 0 Å². The molecule has 2 amide bonds. The Hall–Kier alpha value is -3.67. The van der Waals surface area contributed by atoms with Crippen LogP contribution in [0.2, 0.25) is 24.3 Å². The number of amides is 2. The largest absolute Gasteiger partial charge is 0.444 e. The molecule has 10 nitrogen and oxygen atoms in total. The van der Waals surface area contributed by atoms with Crippen molar-refractivity contribution in [2.24, 2.45) is 4.99 Å². The number of aromatic nitrogens is 2. The number of nitrogens with zero attached hydrogens (tertiary/aromatic N) is 4. The second-order valence-corrected chi connectivity index (χ2v) is 21.6. The van der Waals surface area contributed by atoms with E-state index in [0.29, 0.717) is 29.8 Å². The number of carbonyl (C=O) groups excluding carboxylic acids is 2. The summed E-state index contributed by atoms with van der Waals surface area (Å²) in [5, 5.41) is 4.01. The molecule has 6 rings (SSSR count). The molecule has 0 aliphatic carbocycles. The average Bonchev–Trinajstić information content (AvgIpc) is 3.81. The van der Waals surface area contributed by atoms with E-state index in [1.54, 1.807) is 4.90 Å². The third-order valence-electron chi connectivity index (χ3n) is 9.11. The number of hydrogen-bond donors (Lipinski definition) is 2. The molecule has 2 N–H and O–H groups in total. The van der Waals surface area contributed by atoms with Crippen LogP contribution in [0.1, 0.15) is 71.8 Å². The van der Waals surface area contributed by atoms with Crippen molar-refractivity contribution in [1.82, 2.24) is 25.1 Å². The molecule has 0 bridgehead atoms. The summed E-state index contributed by atoms with van der Waals surface area (Å²) in [6, 6.07) is 17.4. The van der Waals surface area contributed by atoms with Gasteiger partial charge < -0.3 is 19.4 Å². The molecule has 3 atom stereocenters. The summed E-state index contributed by atoms with van der Waals surface area (Å²) in [6.07, 6.45) is 1.73. The van der Waals surface area contributed by atoms with Crippen molar-refractivity contribution >= 4 is 37.6 Å². The molecular formula is C37H49ClN6O4Si. The van der Waals surface area contributed by atoms with Crippen molar-refractivity contribution in [2.45, 2.75) is 103 Å². The Morgan fingerprint density at radius 3 is 2.00 bits per heavy atom. The number of H-pyrrole nitrogens is 1. The fourth-order valence-corrected chi connectivity index (χ4v) is 10.2. The monoisotopic (exact) mass is 704 g/mol. The molecule has 0 spiro atoms. The molecule has 3 aromatic rings. The van der Waals surface area contributed by atoms with Gasteiger partial charge in [0.15, 0.2) is 0 Å². The van der Waals surface area contributed by atoms with Gasteiger partial charge in [0.25, 0.3) is 0 Å². The maximum atomic E-state index is 13.1. The highest BCUT2D eigenvalue weighted by Crippen LogP contribution is 2.36. The summed E-state index contributed by atoms with van der Waals surface area (Å²) >= 11 is 6.65. The van der Waals surface area contributed by atoms with Gasteiger partial charge in [0.1, 0.15) is 34.0 Å². The van der Waals surface area contributed by atoms with Gasteiger partial charge in [-0.1, -0.05) is 73.2 Å². The molecule has 3 aliphatic heterocycles. The molecule has 2 saturated heterocycles. The van der Waals surface area contributed by atoms with E-state index >= 15 is 0 Å². The Bertz CT molecular complexity index is 1720. The van der Waals surface area contributed by atoms with Gasteiger partial charge in [-0.05, 0) is 77.1 Å². The lowest BCUT2D eigenvalue weighted by Crippen LogP contribution is -2.48. The molecule has 262 valence electrons. The highest BCUT2D eigenvalue weighted by molar-refractivity contribution is 6.78. The van der Waals surface area contributed by atoms with E-state index < -0.39 is 19.3 Å². The topological polar surface area (TPSA) is 112 Å². The number of halogens is 1. The third-order valence-corrected chi connectivity index (χ3v) is 12.1. The summed E-state index contributed by atoms with van der Waals surface area (Å²) in [7, 11) is -1.58. The van der Waals surface area contributed by atoms with Gasteiger partial charge in [-0.3, -0.25) is 15.2 Å². The van der Waals surface area contributed by atoms with Crippen molar-refractivity contribution < 1.29 is 19.1 Å². The number of hydrogen-bond acceptors (Lipinski definition) is 7. The molecule has 3 unspecified atom stereocenters. The van der Waals surface area contributed by atoms with Gasteiger partial charge in [-0.15, -0.1) is 0 Å². The van der Waals surface area contributed by atoms with Crippen LogP contribution in [-0.2, 0) is 9.47 Å². The minimum absolute atomic E-state index is 0.00650. The highest BCUT2D eigenvalue weighted by Gasteiger charge is 2.47. The van der Waals surface area contributed by atoms with Gasteiger partial charge in [0.05, 0.1) is 25.9 Å². The van der Waals surface area contributed by atoms with Gasteiger partial charge in [0.2, 0.25) is 0 Å². The third kappa shape index (κ3) is 8.05. The summed E-state index contributed by atoms with van der Waals surface area (Å²) in [5.41, 5.74) is 4.68. The lowest BCUT2D eigenvalue weighted by molar-refractivity contribution is 0.0205. The lowest BCUT2D eigenvalue weighted by Gasteiger charge is -2.30. The summed E-state index contributed by atoms with van der Waals surface area (Å²) < 4.78 is 11.4. The summed E-state index contributed by atoms with van der Waals surface area (Å²) in [4.78, 5) is 42.7. The van der Waals surface area contributed by atoms with Crippen LogP contribution in [0.25, 0.3) is 22.4 Å². The van der Waals surface area contributed by atoms with E-state index in [1.165, 1.54) is 0 Å². The SMILES string of the molecule is CC(C)(C)OC(=O)N1CCCC1c1nc(-c2ccc(-c3ccc(C4=NC(C5C[Si](C)(C)CN5C(=O)OC(C)(C)C)NC4)cc3)cc2)c(Cl)[nH]1. The van der Waals surface area contributed by atoms with Crippen molar-refractivity contribution in [3.63, 3.8) is 0 Å². The maximum absolute atomic E-state index is 13.1. The fraction of sp³-hybridized carbons (Fsp3) is 0.514. The smallest absolute Gasteiger partial charge is 0.410 e. The first kappa shape index (κ1) is 35.2. The number of ether oxygens (including phenoxy) is 2. The minimum atomic E-state index is -1.58. The van der Waals surface area contributed by atoms with Crippen LogP contribution in [-0.4, -0.2) is 88.4 Å². The Morgan fingerprint density at radius 1 is 0.857 bits per heavy atom. The first-order valence-corrected chi connectivity index (χ1v) is 21.0. The van der Waals surface area contributed by atoms with Crippen LogP contribution >= 0.6 is 11.6 Å². The standard InChI is InChI=1S/C37H49ClN6O4Si/c1-36(2,3)47-34(45)43-19-9-10-28(43)33-41-30(31(38)42-33)26-17-13-24(14-18-26)23-11-15-25(16-12-23)27-20-39-32(40-27)29-21-49(7,8)22-44(29)35(46)48-37(4,5)6/h11-18,28-29,32,39H,9-10,19-22H2,1-8H3,(H,41,42). The van der Waals surface area contributed by atoms with Crippen LogP contribution < -0.4 is 5.32 Å². The van der Waals surface area contributed by atoms with Crippen LogP contribution in [0, 0.1) is 0 Å². The Labute approximate surface area is 295 Å². The molecule has 2 fully saturated rings. The number of imidazole rings is 1. The number of likely N-dealkylation sites (tertiary alicyclic amines) is 1. The second kappa shape index (κ2) is 13.2. The number of rotatable bonds is 5. The van der Waals surface area contributed by atoms with E-state index in [1.807, 2.05) is 58.6 Å². The molecule has 49 heavy (non-hydrogen) atoms. The zero-order valence-corrected chi connectivity index (χ0v) is 31.6. The number of benzene rings is 2. The van der Waals surface area contributed by atoms with E-state index in [0.717, 1.165) is 53.0 Å². The molecule has 0 saturated carbocycles. The molecule has 12 heteroatoms. The van der Waals surface area contributed by atoms with E-state index in [-0.39, 0.29) is 30.4 Å². The molecule has 1 aromatic heterocycles. The Balaban J connectivity index is 1.13. The average molecular weight is 705 g/mol. The molecule has 4 heterocycles. The summed E-state index contributed by atoms with van der Waals surface area (Å²) in [5.74, 6) is 0.672. The van der Waals surface area contributed by atoms with Crippen molar-refractivity contribution in [3.05, 3.63) is 65.1 Å². The summed E-state index contributed by atoms with van der Waals surface area (Å²) in [6.45, 7) is 17.3. The normalized spacial score (nSPS) is 22.4. The molecule has 0 radical (unpaired) electrons. The zero-order valence-electron chi connectivity index (χ0n) is 29.9. The van der Waals surface area contributed by atoms with E-state index in [4.69, 9.17) is 31.1 Å². The van der Waals surface area contributed by atoms with Gasteiger partial charge >= 0.3 is 12.2 Å². The Kier molecular flexibility index (Phi) is 9.49. The Morgan fingerprint density at radius 2 is 1.41 bits per heavy atom. The fourth-order valence-electron chi connectivity index (χ4n) is 6.96. The first-order valence-electron chi connectivity index (χ1n) is 17.2. The zero-order chi connectivity index (χ0) is 35.3. The minimum Gasteiger partial charge on any atom is -0.444 e. The number of nitrogens with one attached hydrogen (secondary N) is 2. The molecular weight excluding hydrogens is 656 g/mol. The van der Waals surface area contributed by atoms with Crippen molar-refractivity contribution in [3.8, 4) is 22.4 Å². The number of aromatic amines is 1. The van der Waals surface area contributed by atoms with E-state index in [9.17, 15) is 9.59 Å². The van der Waals surface area contributed by atoms with Crippen LogP contribution in [0.4, 0.5) is 9.59 Å². The quantitative estimate of drug-likeness (QED) is 0.260. The molecule has 2 aromatic carbocycles. The maximum Gasteiger partial charge on any atom is 0.410 e. The van der Waals surface area contributed by atoms with Crippen molar-refractivity contribution in [1.29, 1.82) is 0 Å². The predicted octanol–water partition coefficient (Wildman–Crippen LogP) is 8.05. The predicted molar refractivity (Wildman–Crippen MR) is 197 cm³/mol. The van der Waals surface area contributed by atoms with Gasteiger partial charge in [0, 0.05) is 24.8 Å². The van der Waals surface area contributed by atoms with Gasteiger partial charge in [-0.25, -0.2) is 14.6 Å².